The quantitative estimate of drug-likeness (QED) is 0.320. The lowest BCUT2D eigenvalue weighted by Gasteiger charge is -2.10. The van der Waals surface area contributed by atoms with Crippen molar-refractivity contribution in [2.24, 2.45) is 0 Å². The third-order valence-electron chi connectivity index (χ3n) is 5.19. The van der Waals surface area contributed by atoms with Gasteiger partial charge in [0.15, 0.2) is 5.78 Å². The van der Waals surface area contributed by atoms with Crippen LogP contribution < -0.4 is 10.6 Å². The molecule has 3 N–H and O–H groups in total. The fourth-order valence-electron chi connectivity index (χ4n) is 3.55. The summed E-state index contributed by atoms with van der Waals surface area (Å²) in [4.78, 5) is 37.1. The van der Waals surface area contributed by atoms with Gasteiger partial charge >= 0.3 is 0 Å². The van der Waals surface area contributed by atoms with E-state index in [1.165, 1.54) is 6.33 Å². The van der Waals surface area contributed by atoms with Crippen LogP contribution >= 0.6 is 0 Å². The third-order valence-corrected chi connectivity index (χ3v) is 5.19. The van der Waals surface area contributed by atoms with Gasteiger partial charge in [0.1, 0.15) is 17.8 Å². The average molecular weight is 433 g/mol. The zero-order valence-electron chi connectivity index (χ0n) is 17.4. The Balaban J connectivity index is 1.39. The van der Waals surface area contributed by atoms with Gasteiger partial charge in [-0.2, -0.15) is 0 Å². The average Bonchev–Trinajstić information content (AvgIpc) is 3.31. The number of nitrogens with zero attached hydrogens (tertiary/aromatic N) is 2. The van der Waals surface area contributed by atoms with Crippen molar-refractivity contribution < 1.29 is 9.59 Å². The molecule has 5 aromatic rings. The number of aromatic amines is 1. The van der Waals surface area contributed by atoms with Crippen LogP contribution in [0.25, 0.3) is 11.0 Å². The maximum atomic E-state index is 13.0. The van der Waals surface area contributed by atoms with E-state index in [0.29, 0.717) is 39.2 Å². The van der Waals surface area contributed by atoms with Gasteiger partial charge in [0.25, 0.3) is 5.91 Å². The van der Waals surface area contributed by atoms with Crippen molar-refractivity contribution in [3.8, 4) is 0 Å². The molecule has 0 saturated heterocycles. The van der Waals surface area contributed by atoms with Gasteiger partial charge < -0.3 is 15.6 Å². The van der Waals surface area contributed by atoms with Gasteiger partial charge in [-0.05, 0) is 36.4 Å². The third kappa shape index (κ3) is 4.20. The van der Waals surface area contributed by atoms with Crippen molar-refractivity contribution in [1.29, 1.82) is 0 Å². The Morgan fingerprint density at radius 3 is 2.06 bits per heavy atom. The highest BCUT2D eigenvalue weighted by Gasteiger charge is 2.18. The van der Waals surface area contributed by atoms with Crippen molar-refractivity contribution >= 4 is 39.9 Å². The van der Waals surface area contributed by atoms with Crippen LogP contribution in [0.15, 0.2) is 97.5 Å². The number of carbonyl (C=O) groups excluding carboxylic acids is 2. The normalized spacial score (nSPS) is 10.7. The summed E-state index contributed by atoms with van der Waals surface area (Å²) in [5, 5.41) is 6.75. The molecule has 0 saturated carbocycles. The van der Waals surface area contributed by atoms with Crippen molar-refractivity contribution in [2.45, 2.75) is 0 Å². The van der Waals surface area contributed by atoms with Gasteiger partial charge in [0.2, 0.25) is 0 Å². The first-order valence-corrected chi connectivity index (χ1v) is 10.3. The lowest BCUT2D eigenvalue weighted by Crippen LogP contribution is -2.11. The molecule has 0 bridgehead atoms. The highest BCUT2D eigenvalue weighted by molar-refractivity contribution is 6.18. The number of nitrogens with one attached hydrogen (secondary N) is 3. The van der Waals surface area contributed by atoms with Crippen LogP contribution in [0.4, 0.5) is 17.2 Å². The smallest absolute Gasteiger partial charge is 0.255 e. The molecule has 0 radical (unpaired) electrons. The van der Waals surface area contributed by atoms with E-state index in [1.807, 2.05) is 48.5 Å². The number of carbonyl (C=O) groups is 2. The van der Waals surface area contributed by atoms with Crippen molar-refractivity contribution in [1.82, 2.24) is 15.0 Å². The Hall–Kier alpha value is -4.78. The number of hydrogen-bond donors (Lipinski definition) is 3. The topological polar surface area (TPSA) is 99.8 Å². The monoisotopic (exact) mass is 433 g/mol. The number of anilines is 3. The van der Waals surface area contributed by atoms with E-state index in [1.54, 1.807) is 42.6 Å². The molecule has 33 heavy (non-hydrogen) atoms. The molecule has 0 unspecified atom stereocenters. The summed E-state index contributed by atoms with van der Waals surface area (Å²) in [5.41, 5.74) is 3.67. The summed E-state index contributed by atoms with van der Waals surface area (Å²) in [6.07, 6.45) is 3.09. The van der Waals surface area contributed by atoms with Crippen LogP contribution in [0.5, 0.6) is 0 Å². The van der Waals surface area contributed by atoms with Crippen molar-refractivity contribution in [3.63, 3.8) is 0 Å². The number of hydrogen-bond acceptors (Lipinski definition) is 5. The summed E-state index contributed by atoms with van der Waals surface area (Å²) < 4.78 is 0. The highest BCUT2D eigenvalue weighted by Crippen LogP contribution is 2.28. The molecule has 7 nitrogen and oxygen atoms in total. The largest absolute Gasteiger partial charge is 0.345 e. The second-order valence-corrected chi connectivity index (χ2v) is 7.37. The number of aromatic nitrogens is 3. The Kier molecular flexibility index (Phi) is 5.35. The van der Waals surface area contributed by atoms with Gasteiger partial charge in [-0.1, -0.05) is 48.5 Å². The van der Waals surface area contributed by atoms with Crippen LogP contribution in [0, 0.1) is 0 Å². The summed E-state index contributed by atoms with van der Waals surface area (Å²) in [5.74, 6) is 0.227. The summed E-state index contributed by atoms with van der Waals surface area (Å²) >= 11 is 0. The minimum absolute atomic E-state index is 0.112. The zero-order chi connectivity index (χ0) is 22.6. The first kappa shape index (κ1) is 20.1. The summed E-state index contributed by atoms with van der Waals surface area (Å²) in [6.45, 7) is 0. The lowest BCUT2D eigenvalue weighted by atomic mass is 10.0. The maximum Gasteiger partial charge on any atom is 0.255 e. The Morgan fingerprint density at radius 2 is 1.36 bits per heavy atom. The van der Waals surface area contributed by atoms with Crippen LogP contribution in [0.3, 0.4) is 0 Å². The van der Waals surface area contributed by atoms with E-state index in [0.717, 1.165) is 5.69 Å². The number of amides is 1. The molecule has 1 amide bonds. The number of rotatable bonds is 6. The molecule has 5 rings (SSSR count). The van der Waals surface area contributed by atoms with E-state index >= 15 is 0 Å². The van der Waals surface area contributed by atoms with E-state index in [2.05, 4.69) is 25.6 Å². The fraction of sp³-hybridized carbons (Fsp3) is 0. The van der Waals surface area contributed by atoms with Gasteiger partial charge in [0.05, 0.1) is 10.9 Å². The van der Waals surface area contributed by atoms with Gasteiger partial charge in [-0.3, -0.25) is 9.59 Å². The second kappa shape index (κ2) is 8.76. The van der Waals surface area contributed by atoms with Gasteiger partial charge in [-0.15, -0.1) is 0 Å². The van der Waals surface area contributed by atoms with Gasteiger partial charge in [-0.25, -0.2) is 9.97 Å². The molecule has 0 aliphatic rings. The van der Waals surface area contributed by atoms with E-state index < -0.39 is 0 Å². The second-order valence-electron chi connectivity index (χ2n) is 7.37. The number of benzene rings is 3. The zero-order valence-corrected chi connectivity index (χ0v) is 17.4. The van der Waals surface area contributed by atoms with Crippen molar-refractivity contribution in [3.05, 3.63) is 114 Å². The lowest BCUT2D eigenvalue weighted by molar-refractivity contribution is 0.102. The van der Waals surface area contributed by atoms with Crippen LogP contribution in [-0.4, -0.2) is 26.6 Å². The van der Waals surface area contributed by atoms with Crippen molar-refractivity contribution in [2.75, 3.05) is 10.6 Å². The molecule has 0 aliphatic carbocycles. The number of ketones is 1. The predicted octanol–water partition coefficient (Wildman–Crippen LogP) is 5.18. The minimum atomic E-state index is -0.176. The Labute approximate surface area is 189 Å². The molecular weight excluding hydrogens is 414 g/mol. The fourth-order valence-corrected chi connectivity index (χ4v) is 3.55. The molecule has 0 aliphatic heterocycles. The van der Waals surface area contributed by atoms with E-state index in [9.17, 15) is 9.59 Å². The molecule has 0 atom stereocenters. The SMILES string of the molecule is O=C(Nc1ccc(Nc2ncnc3[nH]cc(C(=O)c4ccccc4)c23)cc1)c1ccccc1. The summed E-state index contributed by atoms with van der Waals surface area (Å²) in [6, 6.07) is 25.4. The van der Waals surface area contributed by atoms with E-state index in [4.69, 9.17) is 0 Å². The van der Waals surface area contributed by atoms with Crippen LogP contribution in [0.1, 0.15) is 26.3 Å². The number of H-pyrrole nitrogens is 1. The van der Waals surface area contributed by atoms with Crippen LogP contribution in [0.2, 0.25) is 0 Å². The van der Waals surface area contributed by atoms with Crippen LogP contribution in [-0.2, 0) is 0 Å². The first-order chi connectivity index (χ1) is 16.2. The molecule has 3 aromatic carbocycles. The molecule has 7 heteroatoms. The highest BCUT2D eigenvalue weighted by atomic mass is 16.1. The first-order valence-electron chi connectivity index (χ1n) is 10.3. The molecule has 160 valence electrons. The Bertz CT molecular complexity index is 1430. The number of fused-ring (bicyclic) bond motifs is 1. The predicted molar refractivity (Wildman–Crippen MR) is 128 cm³/mol. The van der Waals surface area contributed by atoms with Gasteiger partial charge in [0, 0.05) is 28.7 Å². The maximum absolute atomic E-state index is 13.0. The summed E-state index contributed by atoms with van der Waals surface area (Å²) in [7, 11) is 0. The van der Waals surface area contributed by atoms with E-state index in [-0.39, 0.29) is 11.7 Å². The molecular formula is C26H19N5O2. The minimum Gasteiger partial charge on any atom is -0.345 e. The molecule has 0 fully saturated rings. The molecule has 0 spiro atoms. The molecule has 2 heterocycles. The molecule has 2 aromatic heterocycles. The standard InChI is InChI=1S/C26H19N5O2/c32-23(17-7-3-1-4-8-17)21-15-27-24-22(21)25(29-16-28-24)30-19-11-13-20(14-12-19)31-26(33)18-9-5-2-6-10-18/h1-16H,(H,31,33)(H2,27,28,29,30). The Morgan fingerprint density at radius 1 is 0.727 bits per heavy atom.